The molecule has 8 heteroatoms. The van der Waals surface area contributed by atoms with Crippen molar-refractivity contribution in [2.75, 3.05) is 18.7 Å². The number of hydroxylamine groups is 1. The van der Waals surface area contributed by atoms with Crippen LogP contribution in [0.1, 0.15) is 28.8 Å². The quantitative estimate of drug-likeness (QED) is 0.444. The van der Waals surface area contributed by atoms with E-state index < -0.39 is 29.9 Å². The minimum Gasteiger partial charge on any atom is -0.465 e. The van der Waals surface area contributed by atoms with Crippen LogP contribution >= 0.6 is 0 Å². The first-order valence-electron chi connectivity index (χ1n) is 9.67. The molecule has 0 bridgehead atoms. The zero-order valence-electron chi connectivity index (χ0n) is 16.6. The van der Waals surface area contributed by atoms with Gasteiger partial charge in [-0.15, -0.1) is 0 Å². The van der Waals surface area contributed by atoms with Gasteiger partial charge in [0.25, 0.3) is 5.91 Å². The lowest BCUT2D eigenvalue weighted by Gasteiger charge is -2.40. The van der Waals surface area contributed by atoms with Gasteiger partial charge in [0.15, 0.2) is 0 Å². The van der Waals surface area contributed by atoms with Crippen molar-refractivity contribution in [1.82, 2.24) is 4.90 Å². The molecule has 1 aliphatic heterocycles. The smallest absolute Gasteiger partial charge is 0.407 e. The van der Waals surface area contributed by atoms with Gasteiger partial charge in [-0.3, -0.25) is 10.0 Å². The van der Waals surface area contributed by atoms with Gasteiger partial charge in [0.05, 0.1) is 30.3 Å². The van der Waals surface area contributed by atoms with E-state index in [1.165, 1.54) is 36.3 Å². The standard InChI is InChI=1S/C22H24N2O6/c1-30-21(26)16-9-5-10-17(14-16)24(29)20(25)18-11-6-12-23(22(27)28)19(18)13-15-7-3-2-4-8-15/h2-5,7-10,14,18-19,29H,6,11-13H2,1H3,(H,27,28). The topological polar surface area (TPSA) is 107 Å². The number of nitrogens with zero attached hydrogens (tertiary/aromatic N) is 2. The number of likely N-dealkylation sites (tertiary alicyclic amines) is 1. The van der Waals surface area contributed by atoms with Crippen LogP contribution < -0.4 is 5.06 Å². The van der Waals surface area contributed by atoms with Gasteiger partial charge in [-0.1, -0.05) is 36.4 Å². The summed E-state index contributed by atoms with van der Waals surface area (Å²) >= 11 is 0. The molecule has 2 aromatic carbocycles. The Hall–Kier alpha value is -3.39. The summed E-state index contributed by atoms with van der Waals surface area (Å²) in [6, 6.07) is 14.6. The van der Waals surface area contributed by atoms with Crippen LogP contribution in [-0.2, 0) is 16.0 Å². The van der Waals surface area contributed by atoms with E-state index >= 15 is 0 Å². The highest BCUT2D eigenvalue weighted by Gasteiger charge is 2.40. The van der Waals surface area contributed by atoms with Crippen LogP contribution in [0.25, 0.3) is 0 Å². The molecule has 1 heterocycles. The van der Waals surface area contributed by atoms with Crippen LogP contribution in [0.2, 0.25) is 0 Å². The number of ether oxygens (including phenoxy) is 1. The average molecular weight is 412 g/mol. The molecule has 1 saturated heterocycles. The maximum absolute atomic E-state index is 13.2. The molecule has 2 unspecified atom stereocenters. The van der Waals surface area contributed by atoms with Gasteiger partial charge in [-0.05, 0) is 43.0 Å². The summed E-state index contributed by atoms with van der Waals surface area (Å²) in [5.41, 5.74) is 1.22. The number of esters is 1. The Kier molecular flexibility index (Phi) is 6.68. The van der Waals surface area contributed by atoms with Gasteiger partial charge in [0, 0.05) is 6.54 Å². The molecule has 1 aliphatic rings. The molecule has 0 saturated carbocycles. The summed E-state index contributed by atoms with van der Waals surface area (Å²) in [5.74, 6) is -1.92. The molecule has 2 amide bonds. The normalized spacial score (nSPS) is 18.5. The number of methoxy groups -OCH3 is 1. The summed E-state index contributed by atoms with van der Waals surface area (Å²) < 4.78 is 4.68. The molecule has 2 N–H and O–H groups in total. The lowest BCUT2D eigenvalue weighted by molar-refractivity contribution is -0.131. The maximum Gasteiger partial charge on any atom is 0.407 e. The molecule has 2 aromatic rings. The Balaban J connectivity index is 1.87. The lowest BCUT2D eigenvalue weighted by Crippen LogP contribution is -2.54. The van der Waals surface area contributed by atoms with E-state index in [0.717, 1.165) is 5.56 Å². The van der Waals surface area contributed by atoms with Crippen LogP contribution in [0.4, 0.5) is 10.5 Å². The zero-order valence-corrected chi connectivity index (χ0v) is 16.6. The van der Waals surface area contributed by atoms with E-state index in [1.54, 1.807) is 0 Å². The van der Waals surface area contributed by atoms with Crippen molar-refractivity contribution in [3.05, 3.63) is 65.7 Å². The molecule has 1 fully saturated rings. The number of benzene rings is 2. The van der Waals surface area contributed by atoms with Gasteiger partial charge in [-0.2, -0.15) is 5.06 Å². The third kappa shape index (κ3) is 4.60. The Labute approximate surface area is 174 Å². The van der Waals surface area contributed by atoms with Gasteiger partial charge in [0.1, 0.15) is 0 Å². The SMILES string of the molecule is COC(=O)c1cccc(N(O)C(=O)C2CCCN(C(=O)O)C2Cc2ccccc2)c1. The second-order valence-corrected chi connectivity index (χ2v) is 7.17. The highest BCUT2D eigenvalue weighted by molar-refractivity contribution is 5.96. The van der Waals surface area contributed by atoms with Gasteiger partial charge in [0.2, 0.25) is 0 Å². The molecule has 3 rings (SSSR count). The number of amides is 2. The van der Waals surface area contributed by atoms with E-state index in [-0.39, 0.29) is 11.3 Å². The van der Waals surface area contributed by atoms with Crippen molar-refractivity contribution in [3.8, 4) is 0 Å². The lowest BCUT2D eigenvalue weighted by atomic mass is 9.84. The first-order valence-corrected chi connectivity index (χ1v) is 9.67. The number of anilines is 1. The Bertz CT molecular complexity index is 917. The fraction of sp³-hybridized carbons (Fsp3) is 0.318. The van der Waals surface area contributed by atoms with E-state index in [0.29, 0.717) is 30.9 Å². The number of carbonyl (C=O) groups is 3. The van der Waals surface area contributed by atoms with Crippen LogP contribution in [-0.4, -0.2) is 52.9 Å². The number of hydrogen-bond donors (Lipinski definition) is 2. The molecule has 2 atom stereocenters. The van der Waals surface area contributed by atoms with E-state index in [4.69, 9.17) is 0 Å². The summed E-state index contributed by atoms with van der Waals surface area (Å²) in [6.45, 7) is 0.333. The fourth-order valence-electron chi connectivity index (χ4n) is 3.86. The maximum atomic E-state index is 13.2. The molecule has 0 aliphatic carbocycles. The van der Waals surface area contributed by atoms with Crippen LogP contribution in [0.5, 0.6) is 0 Å². The molecule has 8 nitrogen and oxygen atoms in total. The average Bonchev–Trinajstić information content (AvgIpc) is 2.78. The molecule has 0 aromatic heterocycles. The van der Waals surface area contributed by atoms with Crippen molar-refractivity contribution >= 4 is 23.7 Å². The summed E-state index contributed by atoms with van der Waals surface area (Å²) in [4.78, 5) is 38.0. The largest absolute Gasteiger partial charge is 0.465 e. The number of carbonyl (C=O) groups excluding carboxylic acids is 2. The summed E-state index contributed by atoms with van der Waals surface area (Å²) in [7, 11) is 1.24. The highest BCUT2D eigenvalue weighted by atomic mass is 16.5. The van der Waals surface area contributed by atoms with Crippen molar-refractivity contribution in [1.29, 1.82) is 0 Å². The number of piperidine rings is 1. The predicted octanol–water partition coefficient (Wildman–Crippen LogP) is 3.20. The van der Waals surface area contributed by atoms with Crippen LogP contribution in [0.15, 0.2) is 54.6 Å². The minimum absolute atomic E-state index is 0.119. The van der Waals surface area contributed by atoms with Gasteiger partial charge >= 0.3 is 12.1 Å². The van der Waals surface area contributed by atoms with Crippen LogP contribution in [0, 0.1) is 5.92 Å². The third-order valence-corrected chi connectivity index (χ3v) is 5.35. The molecule has 158 valence electrons. The van der Waals surface area contributed by atoms with E-state index in [1.807, 2.05) is 30.3 Å². The number of carboxylic acid groups (broad SMARTS) is 1. The third-order valence-electron chi connectivity index (χ3n) is 5.35. The molecule has 30 heavy (non-hydrogen) atoms. The van der Waals surface area contributed by atoms with Gasteiger partial charge < -0.3 is 14.7 Å². The van der Waals surface area contributed by atoms with E-state index in [9.17, 15) is 24.7 Å². The van der Waals surface area contributed by atoms with Crippen molar-refractivity contribution < 1.29 is 29.4 Å². The van der Waals surface area contributed by atoms with Crippen LogP contribution in [0.3, 0.4) is 0 Å². The minimum atomic E-state index is -1.09. The first kappa shape index (κ1) is 21.3. The number of rotatable bonds is 5. The molecular formula is C22H24N2O6. The molecule has 0 radical (unpaired) electrons. The number of hydrogen-bond acceptors (Lipinski definition) is 5. The Morgan fingerprint density at radius 1 is 1.13 bits per heavy atom. The van der Waals surface area contributed by atoms with Crippen molar-refractivity contribution in [2.24, 2.45) is 5.92 Å². The highest BCUT2D eigenvalue weighted by Crippen LogP contribution is 2.30. The Morgan fingerprint density at radius 3 is 2.53 bits per heavy atom. The predicted molar refractivity (Wildman–Crippen MR) is 108 cm³/mol. The summed E-state index contributed by atoms with van der Waals surface area (Å²) in [6.07, 6.45) is 0.239. The Morgan fingerprint density at radius 2 is 1.87 bits per heavy atom. The summed E-state index contributed by atoms with van der Waals surface area (Å²) in [5, 5.41) is 20.7. The van der Waals surface area contributed by atoms with Gasteiger partial charge in [-0.25, -0.2) is 9.59 Å². The van der Waals surface area contributed by atoms with Crippen molar-refractivity contribution in [3.63, 3.8) is 0 Å². The molecular weight excluding hydrogens is 388 g/mol. The van der Waals surface area contributed by atoms with E-state index in [2.05, 4.69) is 4.74 Å². The molecule has 0 spiro atoms. The second kappa shape index (κ2) is 9.41. The van der Waals surface area contributed by atoms with Crippen molar-refractivity contribution in [2.45, 2.75) is 25.3 Å². The second-order valence-electron chi connectivity index (χ2n) is 7.17. The first-order chi connectivity index (χ1) is 14.4. The zero-order chi connectivity index (χ0) is 21.7. The monoisotopic (exact) mass is 412 g/mol. The fourth-order valence-corrected chi connectivity index (χ4v) is 3.86.